The van der Waals surface area contributed by atoms with Gasteiger partial charge in [0.05, 0.1) is 12.1 Å². The molecule has 1 aliphatic rings. The van der Waals surface area contributed by atoms with Gasteiger partial charge in [0.1, 0.15) is 5.75 Å². The van der Waals surface area contributed by atoms with E-state index in [4.69, 9.17) is 10.5 Å². The van der Waals surface area contributed by atoms with Crippen molar-refractivity contribution in [1.82, 2.24) is 0 Å². The van der Waals surface area contributed by atoms with Gasteiger partial charge in [-0.1, -0.05) is 12.1 Å². The monoisotopic (exact) mass is 178 g/mol. The molecule has 1 atom stereocenters. The number of carbonyl (C=O) groups is 1. The van der Waals surface area contributed by atoms with Crippen molar-refractivity contribution in [3.8, 4) is 5.75 Å². The molecule has 1 aromatic carbocycles. The number of nitrogens with one attached hydrogen (secondary N) is 1. The molecule has 2 rings (SSSR count). The molecule has 1 aliphatic heterocycles. The molecule has 0 aromatic heterocycles. The maximum absolute atomic E-state index is 11.2. The maximum Gasteiger partial charge on any atom is 0.229 e. The van der Waals surface area contributed by atoms with Crippen LogP contribution in [0.15, 0.2) is 24.3 Å². The molecule has 1 heterocycles. The molecule has 4 nitrogen and oxygen atoms in total. The third-order valence-corrected chi connectivity index (χ3v) is 1.83. The molecule has 0 spiro atoms. The molecule has 0 fully saturated rings. The summed E-state index contributed by atoms with van der Waals surface area (Å²) in [5, 5.41) is 2.71. The summed E-state index contributed by atoms with van der Waals surface area (Å²) in [4.78, 5) is 11.2. The Bertz CT molecular complexity index is 338. The van der Waals surface area contributed by atoms with Gasteiger partial charge in [-0.05, 0) is 12.1 Å². The molecular weight excluding hydrogens is 168 g/mol. The molecule has 0 saturated heterocycles. The van der Waals surface area contributed by atoms with Gasteiger partial charge in [-0.2, -0.15) is 0 Å². The lowest BCUT2D eigenvalue weighted by Gasteiger charge is -2.09. The Balaban J connectivity index is 2.38. The van der Waals surface area contributed by atoms with Crippen molar-refractivity contribution in [2.75, 3.05) is 5.32 Å². The van der Waals surface area contributed by atoms with Gasteiger partial charge in [0.2, 0.25) is 5.91 Å². The summed E-state index contributed by atoms with van der Waals surface area (Å²) < 4.78 is 5.32. The average molecular weight is 178 g/mol. The number of fused-ring (bicyclic) bond motifs is 1. The number of hydrogen-bond donors (Lipinski definition) is 2. The highest BCUT2D eigenvalue weighted by Gasteiger charge is 2.18. The third-order valence-electron chi connectivity index (χ3n) is 1.83. The van der Waals surface area contributed by atoms with E-state index in [0.29, 0.717) is 11.4 Å². The zero-order valence-electron chi connectivity index (χ0n) is 6.99. The summed E-state index contributed by atoms with van der Waals surface area (Å²) >= 11 is 0. The van der Waals surface area contributed by atoms with E-state index < -0.39 is 6.23 Å². The first-order chi connectivity index (χ1) is 6.25. The van der Waals surface area contributed by atoms with Crippen LogP contribution in [0.5, 0.6) is 5.75 Å². The quantitative estimate of drug-likeness (QED) is 0.614. The summed E-state index contributed by atoms with van der Waals surface area (Å²) in [7, 11) is 0. The Labute approximate surface area is 75.7 Å². The number of para-hydroxylation sites is 2. The largest absolute Gasteiger partial charge is 0.473 e. The normalized spacial score (nSPS) is 21.0. The minimum absolute atomic E-state index is 0.113. The van der Waals surface area contributed by atoms with Crippen molar-refractivity contribution in [3.05, 3.63) is 24.3 Å². The molecule has 0 saturated carbocycles. The fourth-order valence-corrected chi connectivity index (χ4v) is 1.26. The lowest BCUT2D eigenvalue weighted by atomic mass is 10.3. The van der Waals surface area contributed by atoms with Crippen LogP contribution >= 0.6 is 0 Å². The number of ether oxygens (including phenoxy) is 1. The minimum Gasteiger partial charge on any atom is -0.473 e. The number of hydrogen-bond acceptors (Lipinski definition) is 3. The van der Waals surface area contributed by atoms with Gasteiger partial charge in [0.15, 0.2) is 6.23 Å². The minimum atomic E-state index is -0.552. The first-order valence-corrected chi connectivity index (χ1v) is 4.07. The SMILES string of the molecule is N[C@@H]1CC(=O)Nc2ccccc2O1. The number of carbonyl (C=O) groups excluding carboxylic acids is 1. The Morgan fingerprint density at radius 2 is 2.23 bits per heavy atom. The lowest BCUT2D eigenvalue weighted by molar-refractivity contribution is -0.117. The van der Waals surface area contributed by atoms with Crippen molar-refractivity contribution in [1.29, 1.82) is 0 Å². The molecule has 0 aliphatic carbocycles. The number of anilines is 1. The molecule has 68 valence electrons. The highest BCUT2D eigenvalue weighted by atomic mass is 16.5. The van der Waals surface area contributed by atoms with Gasteiger partial charge >= 0.3 is 0 Å². The molecule has 0 radical (unpaired) electrons. The van der Waals surface area contributed by atoms with Crippen LogP contribution in [0.4, 0.5) is 5.69 Å². The fraction of sp³-hybridized carbons (Fsp3) is 0.222. The highest BCUT2D eigenvalue weighted by Crippen LogP contribution is 2.26. The summed E-state index contributed by atoms with van der Waals surface area (Å²) in [6.45, 7) is 0. The number of benzene rings is 1. The van der Waals surface area contributed by atoms with E-state index in [2.05, 4.69) is 5.32 Å². The van der Waals surface area contributed by atoms with Crippen molar-refractivity contribution in [3.63, 3.8) is 0 Å². The molecule has 13 heavy (non-hydrogen) atoms. The van der Waals surface area contributed by atoms with Gasteiger partial charge in [0, 0.05) is 0 Å². The fourth-order valence-electron chi connectivity index (χ4n) is 1.26. The predicted octanol–water partition coefficient (Wildman–Crippen LogP) is 0.692. The van der Waals surface area contributed by atoms with Gasteiger partial charge in [-0.25, -0.2) is 0 Å². The molecule has 0 bridgehead atoms. The van der Waals surface area contributed by atoms with E-state index in [1.54, 1.807) is 12.1 Å². The van der Waals surface area contributed by atoms with Crippen LogP contribution in [0.25, 0.3) is 0 Å². The van der Waals surface area contributed by atoms with Crippen molar-refractivity contribution >= 4 is 11.6 Å². The first kappa shape index (κ1) is 8.07. The van der Waals surface area contributed by atoms with Crippen LogP contribution in [0.3, 0.4) is 0 Å². The summed E-state index contributed by atoms with van der Waals surface area (Å²) in [6, 6.07) is 7.23. The maximum atomic E-state index is 11.2. The summed E-state index contributed by atoms with van der Waals surface area (Å²) in [5.74, 6) is 0.512. The molecule has 0 unspecified atom stereocenters. The zero-order chi connectivity index (χ0) is 9.26. The molecule has 1 amide bonds. The second-order valence-corrected chi connectivity index (χ2v) is 2.90. The number of amides is 1. The van der Waals surface area contributed by atoms with Crippen LogP contribution in [0, 0.1) is 0 Å². The van der Waals surface area contributed by atoms with E-state index >= 15 is 0 Å². The first-order valence-electron chi connectivity index (χ1n) is 4.07. The summed E-state index contributed by atoms with van der Waals surface area (Å²) in [5.41, 5.74) is 6.24. The predicted molar refractivity (Wildman–Crippen MR) is 48.3 cm³/mol. The molecule has 1 aromatic rings. The van der Waals surface area contributed by atoms with E-state index in [0.717, 1.165) is 0 Å². The van der Waals surface area contributed by atoms with Gasteiger partial charge in [-0.3, -0.25) is 10.5 Å². The van der Waals surface area contributed by atoms with E-state index in [-0.39, 0.29) is 12.3 Å². The Morgan fingerprint density at radius 3 is 3.08 bits per heavy atom. The second-order valence-electron chi connectivity index (χ2n) is 2.90. The van der Waals surface area contributed by atoms with Crippen LogP contribution < -0.4 is 15.8 Å². The van der Waals surface area contributed by atoms with Gasteiger partial charge in [-0.15, -0.1) is 0 Å². The van der Waals surface area contributed by atoms with Crippen molar-refractivity contribution < 1.29 is 9.53 Å². The van der Waals surface area contributed by atoms with Gasteiger partial charge < -0.3 is 10.1 Å². The van der Waals surface area contributed by atoms with E-state index in [1.165, 1.54) is 0 Å². The van der Waals surface area contributed by atoms with Crippen LogP contribution in [-0.2, 0) is 4.79 Å². The Morgan fingerprint density at radius 1 is 1.46 bits per heavy atom. The van der Waals surface area contributed by atoms with Crippen molar-refractivity contribution in [2.45, 2.75) is 12.6 Å². The highest BCUT2D eigenvalue weighted by molar-refractivity contribution is 5.93. The van der Waals surface area contributed by atoms with Gasteiger partial charge in [0.25, 0.3) is 0 Å². The topological polar surface area (TPSA) is 64.4 Å². The van der Waals surface area contributed by atoms with Crippen LogP contribution in [0.2, 0.25) is 0 Å². The number of nitrogens with two attached hydrogens (primary N) is 1. The van der Waals surface area contributed by atoms with E-state index in [9.17, 15) is 4.79 Å². The van der Waals surface area contributed by atoms with Crippen LogP contribution in [-0.4, -0.2) is 12.1 Å². The smallest absolute Gasteiger partial charge is 0.229 e. The summed E-state index contributed by atoms with van der Waals surface area (Å²) in [6.07, 6.45) is -0.363. The zero-order valence-corrected chi connectivity index (χ0v) is 6.99. The van der Waals surface area contributed by atoms with Crippen LogP contribution in [0.1, 0.15) is 6.42 Å². The third kappa shape index (κ3) is 1.62. The molecule has 3 N–H and O–H groups in total. The molecule has 4 heteroatoms. The second kappa shape index (κ2) is 3.06. The average Bonchev–Trinajstić information content (AvgIpc) is 2.20. The van der Waals surface area contributed by atoms with Crippen molar-refractivity contribution in [2.24, 2.45) is 5.73 Å². The van der Waals surface area contributed by atoms with E-state index in [1.807, 2.05) is 12.1 Å². The Hall–Kier alpha value is -1.55. The molecular formula is C9H10N2O2. The standard InChI is InChI=1S/C9H10N2O2/c10-8-5-9(12)11-6-3-1-2-4-7(6)13-8/h1-4,8H,5,10H2,(H,11,12)/t8-/m0/s1. The lowest BCUT2D eigenvalue weighted by Crippen LogP contribution is -2.29. The Kier molecular flexibility index (Phi) is 1.90. The number of rotatable bonds is 0.